The molecule has 1 heterocycles. The maximum atomic E-state index is 12.2. The summed E-state index contributed by atoms with van der Waals surface area (Å²) in [5, 5.41) is 0.998. The third kappa shape index (κ3) is 4.26. The van der Waals surface area contributed by atoms with Crippen molar-refractivity contribution >= 4 is 41.5 Å². The minimum atomic E-state index is 0. The molecule has 2 unspecified atom stereocenters. The fourth-order valence-corrected chi connectivity index (χ4v) is 2.70. The first-order chi connectivity index (χ1) is 8.97. The molecule has 1 aromatic carbocycles. The van der Waals surface area contributed by atoms with Crippen molar-refractivity contribution in [2.24, 2.45) is 11.7 Å². The van der Waals surface area contributed by atoms with Crippen LogP contribution in [0, 0.1) is 5.92 Å². The molecule has 1 aliphatic rings. The van der Waals surface area contributed by atoms with Crippen LogP contribution >= 0.6 is 35.6 Å². The second kappa shape index (κ2) is 7.51. The molecule has 0 radical (unpaired) electrons. The SMILES string of the molecule is CC(N)C1CCN(C(=O)Cc2ccc(Cl)c(Cl)c2)C1.Cl. The molecule has 0 saturated carbocycles. The third-order valence-corrected chi connectivity index (χ3v) is 4.40. The molecular formula is C14H19Cl3N2O. The number of amides is 1. The zero-order valence-electron chi connectivity index (χ0n) is 11.3. The first-order valence-corrected chi connectivity index (χ1v) is 7.20. The fourth-order valence-electron chi connectivity index (χ4n) is 2.38. The van der Waals surface area contributed by atoms with Gasteiger partial charge in [-0.05, 0) is 37.0 Å². The van der Waals surface area contributed by atoms with Gasteiger partial charge in [0.15, 0.2) is 0 Å². The third-order valence-electron chi connectivity index (χ3n) is 3.66. The number of hydrogen-bond acceptors (Lipinski definition) is 2. The molecule has 112 valence electrons. The molecule has 1 fully saturated rings. The molecular weight excluding hydrogens is 319 g/mol. The van der Waals surface area contributed by atoms with Crippen LogP contribution in [0.2, 0.25) is 10.0 Å². The molecule has 0 aliphatic carbocycles. The van der Waals surface area contributed by atoms with E-state index in [-0.39, 0.29) is 24.4 Å². The van der Waals surface area contributed by atoms with Crippen LogP contribution in [0.15, 0.2) is 18.2 Å². The summed E-state index contributed by atoms with van der Waals surface area (Å²) in [5.41, 5.74) is 6.77. The molecule has 0 aromatic heterocycles. The highest BCUT2D eigenvalue weighted by Crippen LogP contribution is 2.24. The molecule has 2 N–H and O–H groups in total. The Labute approximate surface area is 135 Å². The number of halogens is 3. The summed E-state index contributed by atoms with van der Waals surface area (Å²) in [6.07, 6.45) is 1.35. The summed E-state index contributed by atoms with van der Waals surface area (Å²) in [6, 6.07) is 5.45. The molecule has 20 heavy (non-hydrogen) atoms. The molecule has 0 spiro atoms. The van der Waals surface area contributed by atoms with Crippen LogP contribution in [0.1, 0.15) is 18.9 Å². The van der Waals surface area contributed by atoms with Crippen LogP contribution < -0.4 is 5.73 Å². The van der Waals surface area contributed by atoms with Gasteiger partial charge < -0.3 is 10.6 Å². The number of hydrogen-bond donors (Lipinski definition) is 1. The van der Waals surface area contributed by atoms with Crippen molar-refractivity contribution in [2.75, 3.05) is 13.1 Å². The van der Waals surface area contributed by atoms with Crippen molar-refractivity contribution in [3.05, 3.63) is 33.8 Å². The second-order valence-electron chi connectivity index (χ2n) is 5.17. The highest BCUT2D eigenvalue weighted by Gasteiger charge is 2.28. The lowest BCUT2D eigenvalue weighted by Crippen LogP contribution is -2.33. The summed E-state index contributed by atoms with van der Waals surface area (Å²) >= 11 is 11.8. The molecule has 0 bridgehead atoms. The van der Waals surface area contributed by atoms with E-state index in [9.17, 15) is 4.79 Å². The van der Waals surface area contributed by atoms with Crippen molar-refractivity contribution < 1.29 is 4.79 Å². The Morgan fingerprint density at radius 2 is 2.15 bits per heavy atom. The van der Waals surface area contributed by atoms with Gasteiger partial charge in [-0.2, -0.15) is 0 Å². The lowest BCUT2D eigenvalue weighted by atomic mass is 10.0. The Morgan fingerprint density at radius 1 is 1.45 bits per heavy atom. The quantitative estimate of drug-likeness (QED) is 0.921. The highest BCUT2D eigenvalue weighted by molar-refractivity contribution is 6.42. The first kappa shape index (κ1) is 17.6. The standard InChI is InChI=1S/C14H18Cl2N2O.ClH/c1-9(17)11-4-5-18(8-11)14(19)7-10-2-3-12(15)13(16)6-10;/h2-3,6,9,11H,4-5,7-8,17H2,1H3;1H. The van der Waals surface area contributed by atoms with Crippen molar-refractivity contribution in [1.29, 1.82) is 0 Å². The van der Waals surface area contributed by atoms with Crippen LogP contribution in [-0.4, -0.2) is 29.9 Å². The first-order valence-electron chi connectivity index (χ1n) is 6.44. The summed E-state index contributed by atoms with van der Waals surface area (Å²) in [5.74, 6) is 0.541. The van der Waals surface area contributed by atoms with Crippen molar-refractivity contribution in [1.82, 2.24) is 4.90 Å². The second-order valence-corrected chi connectivity index (χ2v) is 5.99. The predicted octanol–water partition coefficient (Wildman–Crippen LogP) is 3.15. The number of nitrogens with two attached hydrogens (primary N) is 1. The monoisotopic (exact) mass is 336 g/mol. The molecule has 1 amide bonds. The minimum absolute atomic E-state index is 0. The van der Waals surface area contributed by atoms with Crippen LogP contribution in [0.25, 0.3) is 0 Å². The van der Waals surface area contributed by atoms with Gasteiger partial charge in [0.2, 0.25) is 5.91 Å². The van der Waals surface area contributed by atoms with Gasteiger partial charge >= 0.3 is 0 Å². The predicted molar refractivity (Wildman–Crippen MR) is 85.8 cm³/mol. The highest BCUT2D eigenvalue weighted by atomic mass is 35.5. The molecule has 2 atom stereocenters. The van der Waals surface area contributed by atoms with E-state index in [0.29, 0.717) is 22.4 Å². The Bertz CT molecular complexity index is 479. The Kier molecular flexibility index (Phi) is 6.59. The lowest BCUT2D eigenvalue weighted by Gasteiger charge is -2.18. The van der Waals surface area contributed by atoms with E-state index in [1.807, 2.05) is 17.9 Å². The lowest BCUT2D eigenvalue weighted by molar-refractivity contribution is -0.129. The number of likely N-dealkylation sites (tertiary alicyclic amines) is 1. The van der Waals surface area contributed by atoms with Gasteiger partial charge in [-0.3, -0.25) is 4.79 Å². The Morgan fingerprint density at radius 3 is 2.70 bits per heavy atom. The topological polar surface area (TPSA) is 46.3 Å². The summed E-state index contributed by atoms with van der Waals surface area (Å²) in [7, 11) is 0. The molecule has 2 rings (SSSR count). The van der Waals surface area contributed by atoms with Crippen molar-refractivity contribution in [3.8, 4) is 0 Å². The average Bonchev–Trinajstić information content (AvgIpc) is 2.83. The molecule has 1 aliphatic heterocycles. The van der Waals surface area contributed by atoms with E-state index >= 15 is 0 Å². The summed E-state index contributed by atoms with van der Waals surface area (Å²) in [4.78, 5) is 14.1. The molecule has 3 nitrogen and oxygen atoms in total. The van der Waals surface area contributed by atoms with E-state index in [0.717, 1.165) is 25.1 Å². The number of carbonyl (C=O) groups excluding carboxylic acids is 1. The van der Waals surface area contributed by atoms with E-state index in [1.54, 1.807) is 12.1 Å². The molecule has 1 saturated heterocycles. The van der Waals surface area contributed by atoms with Crippen LogP contribution in [0.4, 0.5) is 0 Å². The smallest absolute Gasteiger partial charge is 0.227 e. The van der Waals surface area contributed by atoms with Gasteiger partial charge in [0.1, 0.15) is 0 Å². The zero-order chi connectivity index (χ0) is 14.0. The largest absolute Gasteiger partial charge is 0.342 e. The van der Waals surface area contributed by atoms with E-state index < -0.39 is 0 Å². The van der Waals surface area contributed by atoms with Crippen LogP contribution in [0.5, 0.6) is 0 Å². The van der Waals surface area contributed by atoms with Gasteiger partial charge in [0, 0.05) is 19.1 Å². The van der Waals surface area contributed by atoms with Gasteiger partial charge in [-0.25, -0.2) is 0 Å². The van der Waals surface area contributed by atoms with E-state index in [1.165, 1.54) is 0 Å². The average molecular weight is 338 g/mol. The molecule has 6 heteroatoms. The molecule has 1 aromatic rings. The van der Waals surface area contributed by atoms with Crippen LogP contribution in [0.3, 0.4) is 0 Å². The number of benzene rings is 1. The van der Waals surface area contributed by atoms with E-state index in [4.69, 9.17) is 28.9 Å². The van der Waals surface area contributed by atoms with Gasteiger partial charge in [0.25, 0.3) is 0 Å². The van der Waals surface area contributed by atoms with Crippen molar-refractivity contribution in [2.45, 2.75) is 25.8 Å². The number of rotatable bonds is 3. The zero-order valence-corrected chi connectivity index (χ0v) is 13.6. The number of nitrogens with zero attached hydrogens (tertiary/aromatic N) is 1. The van der Waals surface area contributed by atoms with Gasteiger partial charge in [0.05, 0.1) is 16.5 Å². The maximum absolute atomic E-state index is 12.2. The van der Waals surface area contributed by atoms with E-state index in [2.05, 4.69) is 0 Å². The Balaban J connectivity index is 0.00000200. The summed E-state index contributed by atoms with van der Waals surface area (Å²) < 4.78 is 0. The van der Waals surface area contributed by atoms with Gasteiger partial charge in [-0.15, -0.1) is 12.4 Å². The van der Waals surface area contributed by atoms with Gasteiger partial charge in [-0.1, -0.05) is 29.3 Å². The fraction of sp³-hybridized carbons (Fsp3) is 0.500. The minimum Gasteiger partial charge on any atom is -0.342 e. The Hall–Kier alpha value is -0.480. The normalized spacial score (nSPS) is 19.6. The van der Waals surface area contributed by atoms with Crippen LogP contribution in [-0.2, 0) is 11.2 Å². The van der Waals surface area contributed by atoms with Crippen molar-refractivity contribution in [3.63, 3.8) is 0 Å². The maximum Gasteiger partial charge on any atom is 0.227 e. The number of carbonyl (C=O) groups is 1. The summed E-state index contributed by atoms with van der Waals surface area (Å²) in [6.45, 7) is 3.56.